The number of carboxylic acids is 1. The standard InChI is InChI=1S/C10H16O2/c1-7(2)5-6-9(8(3)4)10(11)12/h6,8H,1,5H2,2-4H3,(H,11,12)/b9-6+. The lowest BCUT2D eigenvalue weighted by Gasteiger charge is -2.05. The number of carboxylic acid groups (broad SMARTS) is 1. The van der Waals surface area contributed by atoms with Crippen molar-refractivity contribution >= 4 is 5.97 Å². The molecule has 0 atom stereocenters. The van der Waals surface area contributed by atoms with E-state index in [1.165, 1.54) is 0 Å². The maximum Gasteiger partial charge on any atom is 0.331 e. The first-order chi connectivity index (χ1) is 5.45. The average molecular weight is 168 g/mol. The van der Waals surface area contributed by atoms with E-state index in [2.05, 4.69) is 6.58 Å². The fraction of sp³-hybridized carbons (Fsp3) is 0.500. The third kappa shape index (κ3) is 3.96. The molecular formula is C10H16O2. The van der Waals surface area contributed by atoms with Crippen molar-refractivity contribution in [3.8, 4) is 0 Å². The molecule has 12 heavy (non-hydrogen) atoms. The van der Waals surface area contributed by atoms with Crippen LogP contribution < -0.4 is 0 Å². The van der Waals surface area contributed by atoms with E-state index in [0.29, 0.717) is 12.0 Å². The van der Waals surface area contributed by atoms with Gasteiger partial charge in [-0.3, -0.25) is 0 Å². The van der Waals surface area contributed by atoms with E-state index < -0.39 is 5.97 Å². The molecule has 0 aromatic carbocycles. The Morgan fingerprint density at radius 1 is 1.58 bits per heavy atom. The van der Waals surface area contributed by atoms with Gasteiger partial charge in [0.1, 0.15) is 0 Å². The molecule has 1 N–H and O–H groups in total. The molecule has 0 rings (SSSR count). The van der Waals surface area contributed by atoms with Gasteiger partial charge in [-0.05, 0) is 19.3 Å². The minimum atomic E-state index is -0.828. The van der Waals surface area contributed by atoms with E-state index >= 15 is 0 Å². The van der Waals surface area contributed by atoms with Gasteiger partial charge in [0.05, 0.1) is 0 Å². The summed E-state index contributed by atoms with van der Waals surface area (Å²) < 4.78 is 0. The van der Waals surface area contributed by atoms with Gasteiger partial charge >= 0.3 is 5.97 Å². The molecule has 0 aliphatic heterocycles. The van der Waals surface area contributed by atoms with E-state index in [9.17, 15) is 4.79 Å². The van der Waals surface area contributed by atoms with Crippen molar-refractivity contribution in [3.05, 3.63) is 23.8 Å². The zero-order valence-electron chi connectivity index (χ0n) is 7.92. The Kier molecular flexibility index (Phi) is 4.34. The molecule has 68 valence electrons. The highest BCUT2D eigenvalue weighted by molar-refractivity contribution is 5.87. The summed E-state index contributed by atoms with van der Waals surface area (Å²) in [6.45, 7) is 9.34. The summed E-state index contributed by atoms with van der Waals surface area (Å²) in [4.78, 5) is 10.7. The molecule has 0 aromatic rings. The fourth-order valence-corrected chi connectivity index (χ4v) is 0.854. The number of allylic oxidation sites excluding steroid dienone is 2. The van der Waals surface area contributed by atoms with Crippen molar-refractivity contribution < 1.29 is 9.90 Å². The first kappa shape index (κ1) is 11.0. The summed E-state index contributed by atoms with van der Waals surface area (Å²) >= 11 is 0. The van der Waals surface area contributed by atoms with Crippen LogP contribution in [0, 0.1) is 5.92 Å². The van der Waals surface area contributed by atoms with Crippen LogP contribution in [-0.2, 0) is 4.79 Å². The van der Waals surface area contributed by atoms with Gasteiger partial charge in [-0.1, -0.05) is 32.1 Å². The largest absolute Gasteiger partial charge is 0.478 e. The summed E-state index contributed by atoms with van der Waals surface area (Å²) in [6, 6.07) is 0. The second kappa shape index (κ2) is 4.75. The van der Waals surface area contributed by atoms with E-state index in [0.717, 1.165) is 5.57 Å². The zero-order chi connectivity index (χ0) is 9.72. The van der Waals surface area contributed by atoms with Gasteiger partial charge in [0, 0.05) is 5.57 Å². The minimum absolute atomic E-state index is 0.0712. The molecule has 0 bridgehead atoms. The molecule has 2 nitrogen and oxygen atoms in total. The zero-order valence-corrected chi connectivity index (χ0v) is 7.92. The highest BCUT2D eigenvalue weighted by Crippen LogP contribution is 2.12. The molecule has 0 heterocycles. The van der Waals surface area contributed by atoms with Crippen molar-refractivity contribution in [2.24, 2.45) is 5.92 Å². The lowest BCUT2D eigenvalue weighted by atomic mass is 10.0. The smallest absolute Gasteiger partial charge is 0.331 e. The van der Waals surface area contributed by atoms with Gasteiger partial charge in [0.25, 0.3) is 0 Å². The normalized spacial score (nSPS) is 11.8. The van der Waals surface area contributed by atoms with Crippen LogP contribution in [0.2, 0.25) is 0 Å². The first-order valence-corrected chi connectivity index (χ1v) is 4.03. The molecule has 0 aliphatic rings. The van der Waals surface area contributed by atoms with Crippen LogP contribution in [0.25, 0.3) is 0 Å². The Balaban J connectivity index is 4.40. The highest BCUT2D eigenvalue weighted by Gasteiger charge is 2.10. The summed E-state index contributed by atoms with van der Waals surface area (Å²) in [5.41, 5.74) is 1.45. The van der Waals surface area contributed by atoms with Crippen LogP contribution in [-0.4, -0.2) is 11.1 Å². The fourth-order valence-electron chi connectivity index (χ4n) is 0.854. The third-order valence-electron chi connectivity index (χ3n) is 1.54. The summed E-state index contributed by atoms with van der Waals surface area (Å²) in [6.07, 6.45) is 2.38. The molecule has 0 amide bonds. The van der Waals surface area contributed by atoms with Crippen molar-refractivity contribution in [2.75, 3.05) is 0 Å². The van der Waals surface area contributed by atoms with Crippen LogP contribution >= 0.6 is 0 Å². The van der Waals surface area contributed by atoms with E-state index in [4.69, 9.17) is 5.11 Å². The lowest BCUT2D eigenvalue weighted by Crippen LogP contribution is -2.06. The van der Waals surface area contributed by atoms with Gasteiger partial charge in [-0.15, -0.1) is 0 Å². The SMILES string of the molecule is C=C(C)C/C=C(/C(=O)O)C(C)C. The van der Waals surface area contributed by atoms with Gasteiger partial charge in [-0.2, -0.15) is 0 Å². The van der Waals surface area contributed by atoms with Gasteiger partial charge in [0.2, 0.25) is 0 Å². The van der Waals surface area contributed by atoms with Crippen molar-refractivity contribution in [1.29, 1.82) is 0 Å². The number of aliphatic carboxylic acids is 1. The number of hydrogen-bond acceptors (Lipinski definition) is 1. The topological polar surface area (TPSA) is 37.3 Å². The molecule has 0 aromatic heterocycles. The Morgan fingerprint density at radius 3 is 2.33 bits per heavy atom. The molecular weight excluding hydrogens is 152 g/mol. The van der Waals surface area contributed by atoms with Gasteiger partial charge in [-0.25, -0.2) is 4.79 Å². The molecule has 0 aliphatic carbocycles. The summed E-state index contributed by atoms with van der Waals surface area (Å²) in [7, 11) is 0. The molecule has 0 unspecified atom stereocenters. The maximum atomic E-state index is 10.7. The predicted octanol–water partition coefficient (Wildman–Crippen LogP) is 2.62. The minimum Gasteiger partial charge on any atom is -0.478 e. The van der Waals surface area contributed by atoms with Crippen LogP contribution in [0.4, 0.5) is 0 Å². The highest BCUT2D eigenvalue weighted by atomic mass is 16.4. The number of carbonyl (C=O) groups is 1. The van der Waals surface area contributed by atoms with Crippen LogP contribution in [0.15, 0.2) is 23.8 Å². The molecule has 2 heteroatoms. The van der Waals surface area contributed by atoms with Crippen LogP contribution in [0.1, 0.15) is 27.2 Å². The monoisotopic (exact) mass is 168 g/mol. The van der Waals surface area contributed by atoms with Gasteiger partial charge in [0.15, 0.2) is 0 Å². The Bertz CT molecular complexity index is 212. The third-order valence-corrected chi connectivity index (χ3v) is 1.54. The van der Waals surface area contributed by atoms with Crippen molar-refractivity contribution in [3.63, 3.8) is 0 Å². The maximum absolute atomic E-state index is 10.7. The van der Waals surface area contributed by atoms with Gasteiger partial charge < -0.3 is 5.11 Å². The number of hydrogen-bond donors (Lipinski definition) is 1. The quantitative estimate of drug-likeness (QED) is 0.517. The Labute approximate surface area is 73.6 Å². The van der Waals surface area contributed by atoms with Crippen molar-refractivity contribution in [2.45, 2.75) is 27.2 Å². The van der Waals surface area contributed by atoms with Crippen LogP contribution in [0.3, 0.4) is 0 Å². The molecule has 0 spiro atoms. The molecule has 0 fully saturated rings. The summed E-state index contributed by atoms with van der Waals surface area (Å²) in [5, 5.41) is 8.76. The Hall–Kier alpha value is -1.05. The summed E-state index contributed by atoms with van der Waals surface area (Å²) in [5.74, 6) is -0.756. The second-order valence-corrected chi connectivity index (χ2v) is 3.28. The number of rotatable bonds is 4. The predicted molar refractivity (Wildman–Crippen MR) is 50.0 cm³/mol. The first-order valence-electron chi connectivity index (χ1n) is 4.03. The Morgan fingerprint density at radius 2 is 2.08 bits per heavy atom. The molecule has 0 saturated heterocycles. The second-order valence-electron chi connectivity index (χ2n) is 3.28. The van der Waals surface area contributed by atoms with E-state index in [-0.39, 0.29) is 5.92 Å². The van der Waals surface area contributed by atoms with Crippen molar-refractivity contribution in [1.82, 2.24) is 0 Å². The molecule has 0 radical (unpaired) electrons. The average Bonchev–Trinajstić information content (AvgIpc) is 1.84. The van der Waals surface area contributed by atoms with Crippen LogP contribution in [0.5, 0.6) is 0 Å². The molecule has 0 saturated carbocycles. The van der Waals surface area contributed by atoms with E-state index in [1.54, 1.807) is 6.08 Å². The lowest BCUT2D eigenvalue weighted by molar-refractivity contribution is -0.133. The van der Waals surface area contributed by atoms with E-state index in [1.807, 2.05) is 20.8 Å².